The highest BCUT2D eigenvalue weighted by Crippen LogP contribution is 2.60. The number of anilines is 5. The lowest BCUT2D eigenvalue weighted by atomic mass is 9.54. The van der Waals surface area contributed by atoms with Crippen LogP contribution in [0.3, 0.4) is 0 Å². The minimum Gasteiger partial charge on any atom is -0.454 e. The summed E-state index contributed by atoms with van der Waals surface area (Å²) >= 11 is 0. The van der Waals surface area contributed by atoms with E-state index in [1.807, 2.05) is 0 Å². The normalized spacial score (nSPS) is 21.8. The van der Waals surface area contributed by atoms with Crippen LogP contribution in [0.2, 0.25) is 0 Å². The summed E-state index contributed by atoms with van der Waals surface area (Å²) in [5, 5.41) is 6.61. The fourth-order valence-corrected chi connectivity index (χ4v) is 17.0. The second-order valence-corrected chi connectivity index (χ2v) is 32.4. The Hall–Kier alpha value is -6.00. The van der Waals surface area contributed by atoms with Gasteiger partial charge >= 0.3 is 0 Å². The van der Waals surface area contributed by atoms with Crippen LogP contribution in [0.1, 0.15) is 232 Å². The second kappa shape index (κ2) is 16.6. The highest BCUT2D eigenvalue weighted by molar-refractivity contribution is 6.74. The van der Waals surface area contributed by atoms with Crippen LogP contribution in [-0.4, -0.2) is 7.28 Å². The van der Waals surface area contributed by atoms with Crippen molar-refractivity contribution >= 4 is 68.6 Å². The summed E-state index contributed by atoms with van der Waals surface area (Å²) in [4.78, 5) is 2.69. The van der Waals surface area contributed by atoms with E-state index in [1.165, 1.54) is 150 Å². The number of fused-ring (bicyclic) bond motifs is 13. The smallest absolute Gasteiger partial charge is 0.198 e. The largest absolute Gasteiger partial charge is 0.454 e. The lowest BCUT2D eigenvalue weighted by Gasteiger charge is -2.45. The van der Waals surface area contributed by atoms with Gasteiger partial charge in [-0.1, -0.05) is 179 Å². The van der Waals surface area contributed by atoms with E-state index >= 15 is 0 Å². The number of nitrogens with one attached hydrogen (secondary N) is 1. The Morgan fingerprint density at radius 1 is 0.420 bits per heavy atom. The Bertz CT molecular complexity index is 4050. The summed E-state index contributed by atoms with van der Waals surface area (Å²) < 4.78 is 7.42. The summed E-state index contributed by atoms with van der Waals surface area (Å²) in [7, 11) is 0.784. The molecule has 7 aromatic carbocycles. The molecular formula is C77H89BN2O. The van der Waals surface area contributed by atoms with Gasteiger partial charge in [-0.3, -0.25) is 0 Å². The molecule has 416 valence electrons. The van der Waals surface area contributed by atoms with E-state index in [9.17, 15) is 0 Å². The molecule has 0 amide bonds. The van der Waals surface area contributed by atoms with Crippen molar-refractivity contribution in [2.45, 2.75) is 225 Å². The standard InChI is InChI=1S/C77H89BN2O/c1-69(2)29-31-71(5,6)54-37-44(23-26-51(54)69)79-61-28-25-47-48-40-56-57(74(11,12)34-33-73(56,9)10)41-53(48)77(17,18)65(47)64(61)50-39-49-46-21-19-20-22-63(46)81-68(49)67-66(50)78-60-42-58-59(76(15,16)36-35-75(58,13)14)43-62(60)80(67)45-24-27-52-55(38-45)72(7,8)32-30-70(52,3)4/h19-28,37-43,78-79H,29-36H2,1-18H3. The SMILES string of the molecule is CC1(C)CCC(C)(C)c2cc(Nc3ccc4c(c3-c3cc5c(oc6ccccc65)c5c3Bc3cc6c(cc3N5c3ccc5c(c3)C(C)(C)CCC5(C)C)C(C)(C)CCC6(C)C)C(C)(C)c3cc5c(cc3-4)C(C)(C)CCC5(C)C)ccc21. The van der Waals surface area contributed by atoms with Gasteiger partial charge in [0.2, 0.25) is 0 Å². The van der Waals surface area contributed by atoms with Crippen molar-refractivity contribution in [3.63, 3.8) is 0 Å². The third-order valence-electron chi connectivity index (χ3n) is 22.9. The maximum atomic E-state index is 7.42. The van der Waals surface area contributed by atoms with Gasteiger partial charge in [-0.25, -0.2) is 0 Å². The average molecular weight is 1070 g/mol. The lowest BCUT2D eigenvalue weighted by Crippen LogP contribution is -2.44. The number of para-hydroxylation sites is 1. The molecule has 0 bridgehead atoms. The van der Waals surface area contributed by atoms with E-state index in [1.54, 1.807) is 0 Å². The molecule has 1 aliphatic heterocycles. The summed E-state index contributed by atoms with van der Waals surface area (Å²) in [6.07, 6.45) is 9.40. The fraction of sp³-hybridized carbons (Fsp3) is 0.455. The molecule has 4 heteroatoms. The molecule has 6 aliphatic rings. The summed E-state index contributed by atoms with van der Waals surface area (Å²) in [6.45, 7) is 44.6. The highest BCUT2D eigenvalue weighted by Gasteiger charge is 2.47. The molecule has 3 nitrogen and oxygen atoms in total. The van der Waals surface area contributed by atoms with Crippen molar-refractivity contribution in [3.8, 4) is 22.3 Å². The molecule has 0 unspecified atom stereocenters. The monoisotopic (exact) mass is 1070 g/mol. The van der Waals surface area contributed by atoms with Gasteiger partial charge < -0.3 is 14.6 Å². The Morgan fingerprint density at radius 3 is 1.53 bits per heavy atom. The zero-order valence-electron chi connectivity index (χ0n) is 52.5. The topological polar surface area (TPSA) is 28.4 Å². The van der Waals surface area contributed by atoms with Crippen LogP contribution in [0.15, 0.2) is 108 Å². The Morgan fingerprint density at radius 2 is 0.926 bits per heavy atom. The Labute approximate surface area is 486 Å². The average Bonchev–Trinajstić information content (AvgIpc) is 2.42. The van der Waals surface area contributed by atoms with Crippen LogP contribution in [0.5, 0.6) is 0 Å². The Balaban J connectivity index is 1.11. The van der Waals surface area contributed by atoms with Crippen LogP contribution in [0, 0.1) is 0 Å². The van der Waals surface area contributed by atoms with Crippen LogP contribution in [0.25, 0.3) is 44.2 Å². The fourth-order valence-electron chi connectivity index (χ4n) is 17.0. The van der Waals surface area contributed by atoms with Crippen molar-refractivity contribution in [1.29, 1.82) is 0 Å². The van der Waals surface area contributed by atoms with Gasteiger partial charge in [0.1, 0.15) is 5.58 Å². The zero-order chi connectivity index (χ0) is 57.3. The van der Waals surface area contributed by atoms with E-state index in [4.69, 9.17) is 4.42 Å². The third-order valence-corrected chi connectivity index (χ3v) is 22.9. The molecule has 0 fully saturated rings. The Kier molecular flexibility index (Phi) is 10.9. The number of rotatable bonds is 4. The van der Waals surface area contributed by atoms with E-state index in [-0.39, 0.29) is 48.7 Å². The van der Waals surface area contributed by atoms with Crippen molar-refractivity contribution in [3.05, 3.63) is 159 Å². The lowest BCUT2D eigenvalue weighted by molar-refractivity contribution is 0.331. The first-order valence-corrected chi connectivity index (χ1v) is 31.2. The van der Waals surface area contributed by atoms with Crippen LogP contribution < -0.4 is 21.1 Å². The molecule has 0 saturated carbocycles. The van der Waals surface area contributed by atoms with Gasteiger partial charge in [-0.05, 0) is 227 Å². The highest BCUT2D eigenvalue weighted by atomic mass is 16.3. The van der Waals surface area contributed by atoms with E-state index in [0.717, 1.165) is 48.0 Å². The first-order valence-electron chi connectivity index (χ1n) is 31.2. The molecule has 5 aliphatic carbocycles. The van der Waals surface area contributed by atoms with Crippen LogP contribution in [-0.2, 0) is 48.7 Å². The number of benzene rings is 7. The number of furan rings is 1. The maximum absolute atomic E-state index is 7.42. The third kappa shape index (κ3) is 7.65. The van der Waals surface area contributed by atoms with E-state index in [2.05, 4.69) is 238 Å². The van der Waals surface area contributed by atoms with Crippen LogP contribution in [0.4, 0.5) is 28.4 Å². The quantitative estimate of drug-likeness (QED) is 0.178. The van der Waals surface area contributed by atoms with Crippen molar-refractivity contribution in [2.75, 3.05) is 10.2 Å². The van der Waals surface area contributed by atoms with Gasteiger partial charge in [0.15, 0.2) is 12.9 Å². The number of hydrogen-bond acceptors (Lipinski definition) is 3. The predicted molar refractivity (Wildman–Crippen MR) is 349 cm³/mol. The first-order chi connectivity index (χ1) is 37.8. The number of nitrogens with zero attached hydrogens (tertiary/aromatic N) is 1. The van der Waals surface area contributed by atoms with Crippen molar-refractivity contribution < 1.29 is 4.42 Å². The minimum absolute atomic E-state index is 0.0256. The molecule has 2 heterocycles. The molecule has 8 aromatic rings. The van der Waals surface area contributed by atoms with Crippen molar-refractivity contribution in [1.82, 2.24) is 0 Å². The van der Waals surface area contributed by atoms with Gasteiger partial charge in [-0.15, -0.1) is 0 Å². The summed E-state index contributed by atoms with van der Waals surface area (Å²) in [6, 6.07) is 41.9. The van der Waals surface area contributed by atoms with Crippen LogP contribution >= 0.6 is 0 Å². The van der Waals surface area contributed by atoms with Gasteiger partial charge in [0.05, 0.1) is 5.69 Å². The molecule has 0 spiro atoms. The molecule has 14 rings (SSSR count). The summed E-state index contributed by atoms with van der Waals surface area (Å²) in [5.41, 5.74) is 31.0. The van der Waals surface area contributed by atoms with E-state index < -0.39 is 0 Å². The molecule has 1 aromatic heterocycles. The minimum atomic E-state index is -0.329. The van der Waals surface area contributed by atoms with Gasteiger partial charge in [-0.2, -0.15) is 0 Å². The molecule has 0 atom stereocenters. The maximum Gasteiger partial charge on any atom is 0.198 e. The van der Waals surface area contributed by atoms with E-state index in [0.29, 0.717) is 0 Å². The first kappa shape index (κ1) is 53.0. The second-order valence-electron chi connectivity index (χ2n) is 32.4. The summed E-state index contributed by atoms with van der Waals surface area (Å²) in [5.74, 6) is 0. The van der Waals surface area contributed by atoms with Gasteiger partial charge in [0, 0.05) is 44.5 Å². The molecule has 0 saturated heterocycles. The zero-order valence-corrected chi connectivity index (χ0v) is 52.5. The van der Waals surface area contributed by atoms with Gasteiger partial charge in [0.25, 0.3) is 0 Å². The molecule has 1 N–H and O–H groups in total. The molecular weight excluding hydrogens is 980 g/mol. The number of hydrogen-bond donors (Lipinski definition) is 1. The molecule has 81 heavy (non-hydrogen) atoms. The predicted octanol–water partition coefficient (Wildman–Crippen LogP) is 19.9. The molecule has 0 radical (unpaired) electrons. The van der Waals surface area contributed by atoms with Crippen molar-refractivity contribution in [2.24, 2.45) is 0 Å².